The Hall–Kier alpha value is -1.02. The number of nitrogens with zero attached hydrogens (tertiary/aromatic N) is 1. The average Bonchev–Trinajstić information content (AvgIpc) is 2.37. The number of aryl methyl sites for hydroxylation is 1. The van der Waals surface area contributed by atoms with Gasteiger partial charge in [-0.05, 0) is 64.2 Å². The van der Waals surface area contributed by atoms with E-state index in [-0.39, 0.29) is 0 Å². The van der Waals surface area contributed by atoms with Crippen molar-refractivity contribution < 1.29 is 4.74 Å². The highest BCUT2D eigenvalue weighted by molar-refractivity contribution is 5.39. The van der Waals surface area contributed by atoms with Crippen LogP contribution < -0.4 is 4.74 Å². The van der Waals surface area contributed by atoms with Crippen molar-refractivity contribution in [1.82, 2.24) is 4.90 Å². The molecule has 0 amide bonds. The lowest BCUT2D eigenvalue weighted by Crippen LogP contribution is -2.38. The molecule has 0 unspecified atom stereocenters. The summed E-state index contributed by atoms with van der Waals surface area (Å²) in [5.74, 6) is 1.56. The summed E-state index contributed by atoms with van der Waals surface area (Å²) >= 11 is 0. The Bertz CT molecular complexity index is 416. The lowest BCUT2D eigenvalue weighted by atomic mass is 10.0. The van der Waals surface area contributed by atoms with Crippen LogP contribution in [0, 0.1) is 6.92 Å². The molecule has 0 saturated carbocycles. The Morgan fingerprint density at radius 3 is 2.14 bits per heavy atom. The zero-order chi connectivity index (χ0) is 16.0. The molecule has 0 aromatic heterocycles. The van der Waals surface area contributed by atoms with Crippen LogP contribution in [0.25, 0.3) is 0 Å². The Balaban J connectivity index is 2.54. The monoisotopic (exact) mass is 291 g/mol. The standard InChI is InChI=1S/C19H33NO/c1-14(2)18-10-9-17(7)13-19(18)21-12-8-11-20(15(3)4)16(5)6/h9-10,13-16H,8,11-12H2,1-7H3. The minimum atomic E-state index is 0.503. The second kappa shape index (κ2) is 8.43. The van der Waals surface area contributed by atoms with E-state index >= 15 is 0 Å². The van der Waals surface area contributed by atoms with E-state index in [0.717, 1.165) is 25.3 Å². The molecule has 0 aliphatic rings. The highest BCUT2D eigenvalue weighted by atomic mass is 16.5. The predicted molar refractivity (Wildman–Crippen MR) is 92.4 cm³/mol. The Morgan fingerprint density at radius 2 is 1.62 bits per heavy atom. The first kappa shape index (κ1) is 18.0. The molecule has 0 heterocycles. The van der Waals surface area contributed by atoms with Crippen molar-refractivity contribution in [2.45, 2.75) is 72.9 Å². The topological polar surface area (TPSA) is 12.5 Å². The lowest BCUT2D eigenvalue weighted by molar-refractivity contribution is 0.159. The fourth-order valence-corrected chi connectivity index (χ4v) is 2.79. The molecule has 1 rings (SSSR count). The first-order chi connectivity index (χ1) is 9.82. The van der Waals surface area contributed by atoms with Gasteiger partial charge in [0.05, 0.1) is 6.61 Å². The zero-order valence-corrected chi connectivity index (χ0v) is 14.9. The van der Waals surface area contributed by atoms with Crippen molar-refractivity contribution in [2.24, 2.45) is 0 Å². The maximum absolute atomic E-state index is 6.06. The Kier molecular flexibility index (Phi) is 7.24. The van der Waals surface area contributed by atoms with Crippen molar-refractivity contribution in [3.63, 3.8) is 0 Å². The first-order valence-corrected chi connectivity index (χ1v) is 8.32. The Labute approximate surface area is 131 Å². The van der Waals surface area contributed by atoms with Crippen molar-refractivity contribution in [3.05, 3.63) is 29.3 Å². The van der Waals surface area contributed by atoms with Gasteiger partial charge in [-0.3, -0.25) is 4.90 Å². The minimum absolute atomic E-state index is 0.503. The fraction of sp³-hybridized carbons (Fsp3) is 0.684. The molecule has 21 heavy (non-hydrogen) atoms. The van der Waals surface area contributed by atoms with Crippen LogP contribution in [0.5, 0.6) is 5.75 Å². The second-order valence-electron chi connectivity index (χ2n) is 6.82. The third-order valence-corrected chi connectivity index (χ3v) is 3.94. The van der Waals surface area contributed by atoms with E-state index in [9.17, 15) is 0 Å². The van der Waals surface area contributed by atoms with Crippen LogP contribution in [-0.4, -0.2) is 30.1 Å². The molecule has 1 aromatic carbocycles. The van der Waals surface area contributed by atoms with Crippen molar-refractivity contribution in [3.8, 4) is 5.75 Å². The van der Waals surface area contributed by atoms with Crippen LogP contribution in [0.1, 0.15) is 65.0 Å². The molecule has 0 aliphatic heterocycles. The third-order valence-electron chi connectivity index (χ3n) is 3.94. The molecule has 0 radical (unpaired) electrons. The zero-order valence-electron chi connectivity index (χ0n) is 14.9. The van der Waals surface area contributed by atoms with Crippen molar-refractivity contribution in [1.29, 1.82) is 0 Å². The van der Waals surface area contributed by atoms with Crippen LogP contribution in [-0.2, 0) is 0 Å². The fourth-order valence-electron chi connectivity index (χ4n) is 2.79. The summed E-state index contributed by atoms with van der Waals surface area (Å²) in [7, 11) is 0. The molecule has 1 aromatic rings. The predicted octanol–water partition coefficient (Wildman–Crippen LogP) is 5.01. The van der Waals surface area contributed by atoms with Gasteiger partial charge in [0, 0.05) is 18.6 Å². The largest absolute Gasteiger partial charge is 0.493 e. The van der Waals surface area contributed by atoms with Gasteiger partial charge in [0.25, 0.3) is 0 Å². The number of hydrogen-bond acceptors (Lipinski definition) is 2. The van der Waals surface area contributed by atoms with E-state index in [2.05, 4.69) is 71.6 Å². The summed E-state index contributed by atoms with van der Waals surface area (Å²) in [6.45, 7) is 17.5. The molecule has 0 fully saturated rings. The highest BCUT2D eigenvalue weighted by Crippen LogP contribution is 2.27. The normalized spacial score (nSPS) is 12.0. The summed E-state index contributed by atoms with van der Waals surface area (Å²) in [6.07, 6.45) is 1.07. The molecule has 0 saturated heterocycles. The number of rotatable bonds is 8. The summed E-state index contributed by atoms with van der Waals surface area (Å²) in [5, 5.41) is 0. The van der Waals surface area contributed by atoms with Gasteiger partial charge in [-0.2, -0.15) is 0 Å². The molecule has 0 atom stereocenters. The molecular formula is C19H33NO. The van der Waals surface area contributed by atoms with Crippen LogP contribution in [0.4, 0.5) is 0 Å². The summed E-state index contributed by atoms with van der Waals surface area (Å²) in [5.41, 5.74) is 2.57. The van der Waals surface area contributed by atoms with E-state index in [4.69, 9.17) is 4.74 Å². The highest BCUT2D eigenvalue weighted by Gasteiger charge is 2.13. The summed E-state index contributed by atoms with van der Waals surface area (Å²) in [4.78, 5) is 2.52. The third kappa shape index (κ3) is 5.70. The molecule has 2 heteroatoms. The van der Waals surface area contributed by atoms with E-state index in [1.165, 1.54) is 11.1 Å². The molecule has 0 spiro atoms. The number of hydrogen-bond donors (Lipinski definition) is 0. The van der Waals surface area contributed by atoms with Gasteiger partial charge in [0.2, 0.25) is 0 Å². The molecule has 120 valence electrons. The number of benzene rings is 1. The van der Waals surface area contributed by atoms with Crippen LogP contribution in [0.3, 0.4) is 0 Å². The quantitative estimate of drug-likeness (QED) is 0.624. The Morgan fingerprint density at radius 1 is 1.00 bits per heavy atom. The molecule has 0 bridgehead atoms. The minimum Gasteiger partial charge on any atom is -0.493 e. The maximum Gasteiger partial charge on any atom is 0.122 e. The van der Waals surface area contributed by atoms with Gasteiger partial charge in [-0.15, -0.1) is 0 Å². The van der Waals surface area contributed by atoms with E-state index in [1.54, 1.807) is 0 Å². The van der Waals surface area contributed by atoms with Gasteiger partial charge < -0.3 is 4.74 Å². The lowest BCUT2D eigenvalue weighted by Gasteiger charge is -2.30. The van der Waals surface area contributed by atoms with Crippen LogP contribution in [0.15, 0.2) is 18.2 Å². The molecule has 0 aliphatic carbocycles. The second-order valence-corrected chi connectivity index (χ2v) is 6.82. The van der Waals surface area contributed by atoms with Crippen LogP contribution in [0.2, 0.25) is 0 Å². The number of ether oxygens (including phenoxy) is 1. The van der Waals surface area contributed by atoms with Crippen molar-refractivity contribution >= 4 is 0 Å². The van der Waals surface area contributed by atoms with E-state index < -0.39 is 0 Å². The average molecular weight is 291 g/mol. The summed E-state index contributed by atoms with van der Waals surface area (Å²) in [6, 6.07) is 7.72. The molecule has 2 nitrogen and oxygen atoms in total. The van der Waals surface area contributed by atoms with Gasteiger partial charge in [0.15, 0.2) is 0 Å². The van der Waals surface area contributed by atoms with E-state index in [0.29, 0.717) is 18.0 Å². The first-order valence-electron chi connectivity index (χ1n) is 8.32. The van der Waals surface area contributed by atoms with Crippen molar-refractivity contribution in [2.75, 3.05) is 13.2 Å². The molecular weight excluding hydrogens is 258 g/mol. The maximum atomic E-state index is 6.06. The van der Waals surface area contributed by atoms with Crippen LogP contribution >= 0.6 is 0 Å². The van der Waals surface area contributed by atoms with Gasteiger partial charge in [-0.25, -0.2) is 0 Å². The van der Waals surface area contributed by atoms with E-state index in [1.807, 2.05) is 0 Å². The SMILES string of the molecule is Cc1ccc(C(C)C)c(OCCCN(C(C)C)C(C)C)c1. The smallest absolute Gasteiger partial charge is 0.122 e. The molecule has 0 N–H and O–H groups in total. The van der Waals surface area contributed by atoms with Gasteiger partial charge in [-0.1, -0.05) is 26.0 Å². The van der Waals surface area contributed by atoms with Gasteiger partial charge in [0.1, 0.15) is 5.75 Å². The summed E-state index contributed by atoms with van der Waals surface area (Å²) < 4.78 is 6.06. The van der Waals surface area contributed by atoms with Gasteiger partial charge >= 0.3 is 0 Å².